The van der Waals surface area contributed by atoms with Gasteiger partial charge >= 0.3 is 0 Å². The quantitative estimate of drug-likeness (QED) is 0.621. The minimum Gasteiger partial charge on any atom is -0.211 e. The summed E-state index contributed by atoms with van der Waals surface area (Å²) in [5.41, 5.74) is 2.50. The second-order valence-corrected chi connectivity index (χ2v) is 4.69. The summed E-state index contributed by atoms with van der Waals surface area (Å²) < 4.78 is 0. The minimum absolute atomic E-state index is 0.0995. The molecule has 1 aromatic carbocycles. The number of carbonyl (C=O) groups excluding carboxylic acids is 2. The van der Waals surface area contributed by atoms with Gasteiger partial charge in [-0.05, 0) is 45.7 Å². The van der Waals surface area contributed by atoms with Crippen molar-refractivity contribution in [3.8, 4) is 0 Å². The van der Waals surface area contributed by atoms with E-state index >= 15 is 0 Å². The van der Waals surface area contributed by atoms with Crippen LogP contribution in [0.2, 0.25) is 0 Å². The van der Waals surface area contributed by atoms with Crippen LogP contribution in [-0.2, 0) is 9.59 Å². The Balaban J connectivity index is 0. The number of nitrogens with zero attached hydrogens (tertiary/aromatic N) is 2. The Morgan fingerprint density at radius 1 is 1.00 bits per heavy atom. The van der Waals surface area contributed by atoms with Gasteiger partial charge in [0.05, 0.1) is 12.1 Å². The zero-order chi connectivity index (χ0) is 16.7. The average molecular weight is 288 g/mol. The third-order valence-corrected chi connectivity index (χ3v) is 2.03. The van der Waals surface area contributed by atoms with Crippen molar-refractivity contribution in [2.75, 3.05) is 0 Å². The molecule has 4 heteroatoms. The standard InChI is InChI=1S/C9H10.2C4H7NO/c1-3-9-7-5-4-6-8(9)2;2*1-4(2)5-3-6/h3-7H,1H2,2H3;2*4H,1-2H3. The van der Waals surface area contributed by atoms with E-state index in [2.05, 4.69) is 35.6 Å². The molecule has 0 heterocycles. The molecule has 0 bridgehead atoms. The van der Waals surface area contributed by atoms with Crippen molar-refractivity contribution in [1.82, 2.24) is 0 Å². The molecule has 0 aliphatic carbocycles. The molecule has 0 aliphatic heterocycles. The molecule has 0 atom stereocenters. The maximum Gasteiger partial charge on any atom is 0.235 e. The fourth-order valence-electron chi connectivity index (χ4n) is 1.03. The van der Waals surface area contributed by atoms with Crippen LogP contribution in [0.25, 0.3) is 6.08 Å². The highest BCUT2D eigenvalue weighted by molar-refractivity contribution is 5.50. The van der Waals surface area contributed by atoms with Gasteiger partial charge in [-0.3, -0.25) is 0 Å². The van der Waals surface area contributed by atoms with Crippen molar-refractivity contribution >= 4 is 18.2 Å². The van der Waals surface area contributed by atoms with E-state index in [9.17, 15) is 9.59 Å². The lowest BCUT2D eigenvalue weighted by Crippen LogP contribution is -1.83. The lowest BCUT2D eigenvalue weighted by atomic mass is 10.1. The molecule has 21 heavy (non-hydrogen) atoms. The van der Waals surface area contributed by atoms with E-state index < -0.39 is 0 Å². The second kappa shape index (κ2) is 14.1. The van der Waals surface area contributed by atoms with E-state index in [4.69, 9.17) is 0 Å². The molecule has 0 radical (unpaired) electrons. The molecule has 0 amide bonds. The van der Waals surface area contributed by atoms with Gasteiger partial charge < -0.3 is 0 Å². The summed E-state index contributed by atoms with van der Waals surface area (Å²) in [7, 11) is 0. The normalized spacial score (nSPS) is 8.33. The Morgan fingerprint density at radius 3 is 1.62 bits per heavy atom. The summed E-state index contributed by atoms with van der Waals surface area (Å²) in [5.74, 6) is 0. The van der Waals surface area contributed by atoms with Crippen LogP contribution >= 0.6 is 0 Å². The molecule has 0 saturated carbocycles. The van der Waals surface area contributed by atoms with Gasteiger partial charge in [0.25, 0.3) is 0 Å². The van der Waals surface area contributed by atoms with Crippen molar-refractivity contribution in [3.05, 3.63) is 42.0 Å². The number of aryl methyl sites for hydroxylation is 1. The van der Waals surface area contributed by atoms with Crippen molar-refractivity contribution in [2.45, 2.75) is 46.7 Å². The van der Waals surface area contributed by atoms with Crippen molar-refractivity contribution < 1.29 is 9.59 Å². The monoisotopic (exact) mass is 288 g/mol. The zero-order valence-corrected chi connectivity index (χ0v) is 13.5. The lowest BCUT2D eigenvalue weighted by Gasteiger charge is -1.95. The summed E-state index contributed by atoms with van der Waals surface area (Å²) in [6, 6.07) is 8.39. The Bertz CT molecular complexity index is 473. The number of hydrogen-bond donors (Lipinski definition) is 0. The maximum atomic E-state index is 9.32. The molecule has 0 unspecified atom stereocenters. The smallest absolute Gasteiger partial charge is 0.211 e. The maximum absolute atomic E-state index is 9.32. The van der Waals surface area contributed by atoms with Crippen LogP contribution < -0.4 is 0 Å². The summed E-state index contributed by atoms with van der Waals surface area (Å²) in [4.78, 5) is 25.3. The van der Waals surface area contributed by atoms with Crippen LogP contribution in [0, 0.1) is 6.92 Å². The molecule has 0 spiro atoms. The first kappa shape index (κ1) is 21.0. The molecular weight excluding hydrogens is 264 g/mol. The number of aliphatic imine (C=N–C) groups is 2. The summed E-state index contributed by atoms with van der Waals surface area (Å²) in [5, 5.41) is 0. The summed E-state index contributed by atoms with van der Waals surface area (Å²) >= 11 is 0. The fourth-order valence-corrected chi connectivity index (χ4v) is 1.03. The molecule has 0 aromatic heterocycles. The van der Waals surface area contributed by atoms with Gasteiger partial charge in [-0.2, -0.15) is 0 Å². The van der Waals surface area contributed by atoms with Gasteiger partial charge in [0.2, 0.25) is 12.2 Å². The van der Waals surface area contributed by atoms with E-state index in [1.165, 1.54) is 23.3 Å². The van der Waals surface area contributed by atoms with Gasteiger partial charge in [0.15, 0.2) is 0 Å². The number of rotatable bonds is 3. The topological polar surface area (TPSA) is 58.9 Å². The van der Waals surface area contributed by atoms with Crippen molar-refractivity contribution in [3.63, 3.8) is 0 Å². The average Bonchev–Trinajstić information content (AvgIpc) is 2.40. The highest BCUT2D eigenvalue weighted by Gasteiger charge is 1.86. The van der Waals surface area contributed by atoms with E-state index in [1.807, 2.05) is 45.9 Å². The second-order valence-electron chi connectivity index (χ2n) is 4.69. The van der Waals surface area contributed by atoms with Crippen LogP contribution in [0.1, 0.15) is 38.8 Å². The van der Waals surface area contributed by atoms with E-state index in [0.29, 0.717) is 0 Å². The molecule has 4 nitrogen and oxygen atoms in total. The van der Waals surface area contributed by atoms with E-state index in [1.54, 1.807) is 0 Å². The predicted molar refractivity (Wildman–Crippen MR) is 87.8 cm³/mol. The molecular formula is C17H24N2O2. The van der Waals surface area contributed by atoms with E-state index in [0.717, 1.165) is 0 Å². The molecule has 0 aliphatic rings. The van der Waals surface area contributed by atoms with Crippen molar-refractivity contribution in [2.24, 2.45) is 9.98 Å². The Labute approximate surface area is 127 Å². The highest BCUT2D eigenvalue weighted by Crippen LogP contribution is 2.06. The largest absolute Gasteiger partial charge is 0.235 e. The first-order valence-corrected chi connectivity index (χ1v) is 6.71. The first-order chi connectivity index (χ1) is 9.88. The van der Waals surface area contributed by atoms with Gasteiger partial charge in [-0.1, -0.05) is 36.9 Å². The minimum atomic E-state index is 0.0995. The number of isocyanates is 2. The van der Waals surface area contributed by atoms with Gasteiger partial charge in [0, 0.05) is 0 Å². The summed E-state index contributed by atoms with van der Waals surface area (Å²) in [6.45, 7) is 13.1. The van der Waals surface area contributed by atoms with Gasteiger partial charge in [0.1, 0.15) is 0 Å². The van der Waals surface area contributed by atoms with Crippen LogP contribution in [0.5, 0.6) is 0 Å². The number of hydrogen-bond acceptors (Lipinski definition) is 4. The van der Waals surface area contributed by atoms with Crippen molar-refractivity contribution in [1.29, 1.82) is 0 Å². The first-order valence-electron chi connectivity index (χ1n) is 6.71. The predicted octanol–water partition coefficient (Wildman–Crippen LogP) is 4.10. The molecule has 114 valence electrons. The highest BCUT2D eigenvalue weighted by atomic mass is 16.1. The Hall–Kier alpha value is -2.28. The Kier molecular flexibility index (Phi) is 14.2. The SMILES string of the molecule is C=Cc1ccccc1C.CC(C)N=C=O.CC(C)N=C=O. The molecule has 0 N–H and O–H groups in total. The number of benzene rings is 1. The van der Waals surface area contributed by atoms with Crippen LogP contribution in [0.15, 0.2) is 40.8 Å². The molecule has 1 rings (SSSR count). The lowest BCUT2D eigenvalue weighted by molar-refractivity contribution is 0.559. The van der Waals surface area contributed by atoms with E-state index in [-0.39, 0.29) is 12.1 Å². The fraction of sp³-hybridized carbons (Fsp3) is 0.412. The van der Waals surface area contributed by atoms with Crippen LogP contribution in [-0.4, -0.2) is 24.2 Å². The third kappa shape index (κ3) is 15.7. The Morgan fingerprint density at radius 2 is 1.43 bits per heavy atom. The molecule has 0 saturated heterocycles. The zero-order valence-electron chi connectivity index (χ0n) is 13.5. The summed E-state index contributed by atoms with van der Waals surface area (Å²) in [6.07, 6.45) is 4.75. The van der Waals surface area contributed by atoms with Crippen LogP contribution in [0.4, 0.5) is 0 Å². The van der Waals surface area contributed by atoms with Gasteiger partial charge in [-0.15, -0.1) is 0 Å². The van der Waals surface area contributed by atoms with Crippen LogP contribution in [0.3, 0.4) is 0 Å². The third-order valence-electron chi connectivity index (χ3n) is 2.03. The van der Waals surface area contributed by atoms with Gasteiger partial charge in [-0.25, -0.2) is 19.6 Å². The molecule has 1 aromatic rings. The molecule has 0 fully saturated rings.